The number of tetrazole rings is 1. The van der Waals surface area contributed by atoms with E-state index in [0.717, 1.165) is 12.1 Å². The van der Waals surface area contributed by atoms with Gasteiger partial charge in [0.05, 0.1) is 19.0 Å². The monoisotopic (exact) mass is 348 g/mol. The molecule has 0 atom stereocenters. The number of nitrogens with zero attached hydrogens (tertiary/aromatic N) is 4. The van der Waals surface area contributed by atoms with Crippen molar-refractivity contribution in [2.45, 2.75) is 12.6 Å². The first kappa shape index (κ1) is 14.6. The summed E-state index contributed by atoms with van der Waals surface area (Å²) in [7, 11) is 1.53. The topological polar surface area (TPSA) is 60.7 Å². The van der Waals surface area contributed by atoms with Crippen LogP contribution in [0.25, 0.3) is 0 Å². The number of carbonyl (C=O) groups excluding carboxylic acids is 1. The third kappa shape index (κ3) is 3.21. The summed E-state index contributed by atoms with van der Waals surface area (Å²) in [5.41, 5.74) is -0.941. The van der Waals surface area contributed by atoms with Gasteiger partial charge in [-0.05, 0) is 23.4 Å². The Hall–Kier alpha value is -1.77. The Labute approximate surface area is 119 Å². The van der Waals surface area contributed by atoms with Gasteiger partial charge in [-0.3, -0.25) is 4.79 Å². The van der Waals surface area contributed by atoms with Gasteiger partial charge in [0.25, 0.3) is 0 Å². The standard InChI is InChI=1S/C11H8BrF3N4O/c1-19-17-10(16-18-19)5-9(20)7-4-6(11(13,14)15)2-3-8(7)12/h2-4H,5H2,1H3. The van der Waals surface area contributed by atoms with E-state index in [1.165, 1.54) is 17.9 Å². The maximum Gasteiger partial charge on any atom is 0.416 e. The summed E-state index contributed by atoms with van der Waals surface area (Å²) >= 11 is 3.07. The lowest BCUT2D eigenvalue weighted by Gasteiger charge is -2.09. The molecule has 0 aliphatic heterocycles. The van der Waals surface area contributed by atoms with Gasteiger partial charge in [0.15, 0.2) is 11.6 Å². The van der Waals surface area contributed by atoms with E-state index in [-0.39, 0.29) is 17.8 Å². The van der Waals surface area contributed by atoms with Gasteiger partial charge in [0.2, 0.25) is 0 Å². The number of ketones is 1. The molecule has 20 heavy (non-hydrogen) atoms. The predicted molar refractivity (Wildman–Crippen MR) is 66.0 cm³/mol. The van der Waals surface area contributed by atoms with Gasteiger partial charge in [0, 0.05) is 10.0 Å². The molecule has 9 heteroatoms. The van der Waals surface area contributed by atoms with Crippen LogP contribution in [0.4, 0.5) is 13.2 Å². The van der Waals surface area contributed by atoms with Gasteiger partial charge in [0.1, 0.15) is 0 Å². The minimum atomic E-state index is -4.50. The molecule has 106 valence electrons. The Kier molecular flexibility index (Phi) is 3.89. The molecule has 0 N–H and O–H groups in total. The Balaban J connectivity index is 2.29. The van der Waals surface area contributed by atoms with Crippen LogP contribution >= 0.6 is 15.9 Å². The summed E-state index contributed by atoms with van der Waals surface area (Å²) in [6.07, 6.45) is -4.71. The van der Waals surface area contributed by atoms with Gasteiger partial charge < -0.3 is 0 Å². The number of hydrogen-bond donors (Lipinski definition) is 0. The second-order valence-electron chi connectivity index (χ2n) is 3.99. The van der Waals surface area contributed by atoms with Crippen molar-refractivity contribution < 1.29 is 18.0 Å². The molecular formula is C11H8BrF3N4O. The molecule has 5 nitrogen and oxygen atoms in total. The summed E-state index contributed by atoms with van der Waals surface area (Å²) in [6, 6.07) is 2.91. The highest BCUT2D eigenvalue weighted by Crippen LogP contribution is 2.32. The molecule has 0 saturated heterocycles. The summed E-state index contributed by atoms with van der Waals surface area (Å²) in [5.74, 6) is -0.363. The number of halogens is 4. The van der Waals surface area contributed by atoms with Crippen LogP contribution in [0.3, 0.4) is 0 Å². The first-order valence-corrected chi connectivity index (χ1v) is 6.19. The van der Waals surface area contributed by atoms with Crippen LogP contribution in [0.5, 0.6) is 0 Å². The van der Waals surface area contributed by atoms with E-state index in [0.29, 0.717) is 4.47 Å². The molecule has 0 spiro atoms. The molecule has 2 aromatic rings. The maximum absolute atomic E-state index is 12.6. The lowest BCUT2D eigenvalue weighted by atomic mass is 10.0. The molecule has 0 unspecified atom stereocenters. The third-order valence-electron chi connectivity index (χ3n) is 2.46. The summed E-state index contributed by atoms with van der Waals surface area (Å²) in [5, 5.41) is 11.0. The highest BCUT2D eigenvalue weighted by atomic mass is 79.9. The van der Waals surface area contributed by atoms with E-state index in [4.69, 9.17) is 0 Å². The predicted octanol–water partition coefficient (Wildman–Crippen LogP) is 2.42. The Bertz CT molecular complexity index is 653. The first-order chi connectivity index (χ1) is 9.27. The molecule has 0 saturated carbocycles. The molecule has 2 rings (SSSR count). The lowest BCUT2D eigenvalue weighted by molar-refractivity contribution is -0.137. The largest absolute Gasteiger partial charge is 0.416 e. The Morgan fingerprint density at radius 1 is 1.40 bits per heavy atom. The molecule has 0 bridgehead atoms. The quantitative estimate of drug-likeness (QED) is 0.799. The minimum absolute atomic E-state index is 0.0627. The smallest absolute Gasteiger partial charge is 0.294 e. The summed E-state index contributed by atoms with van der Waals surface area (Å²) in [4.78, 5) is 13.2. The Morgan fingerprint density at radius 2 is 2.10 bits per heavy atom. The van der Waals surface area contributed by atoms with E-state index >= 15 is 0 Å². The third-order valence-corrected chi connectivity index (χ3v) is 3.15. The maximum atomic E-state index is 12.6. The fourth-order valence-electron chi connectivity index (χ4n) is 1.55. The van der Waals surface area contributed by atoms with Crippen LogP contribution < -0.4 is 0 Å². The molecule has 0 fully saturated rings. The van der Waals surface area contributed by atoms with Crippen molar-refractivity contribution in [3.05, 3.63) is 39.6 Å². The van der Waals surface area contributed by atoms with Gasteiger partial charge >= 0.3 is 6.18 Å². The van der Waals surface area contributed by atoms with E-state index < -0.39 is 17.5 Å². The number of rotatable bonds is 3. The zero-order valence-corrected chi connectivity index (χ0v) is 11.7. The highest BCUT2D eigenvalue weighted by Gasteiger charge is 2.31. The van der Waals surface area contributed by atoms with E-state index in [9.17, 15) is 18.0 Å². The SMILES string of the molecule is Cn1nnc(CC(=O)c2cc(C(F)(F)F)ccc2Br)n1. The molecular weight excluding hydrogens is 341 g/mol. The number of benzene rings is 1. The lowest BCUT2D eigenvalue weighted by Crippen LogP contribution is -2.10. The van der Waals surface area contributed by atoms with Crippen molar-refractivity contribution in [1.29, 1.82) is 0 Å². The van der Waals surface area contributed by atoms with Crippen molar-refractivity contribution in [1.82, 2.24) is 20.2 Å². The van der Waals surface area contributed by atoms with Crippen LogP contribution in [0, 0.1) is 0 Å². The molecule has 0 aliphatic rings. The average Bonchev–Trinajstić information content (AvgIpc) is 2.73. The second-order valence-corrected chi connectivity index (χ2v) is 4.84. The van der Waals surface area contributed by atoms with Gasteiger partial charge in [-0.15, -0.1) is 10.2 Å². The van der Waals surface area contributed by atoms with Crippen molar-refractivity contribution in [2.24, 2.45) is 7.05 Å². The van der Waals surface area contributed by atoms with Crippen LogP contribution in [-0.4, -0.2) is 26.0 Å². The zero-order chi connectivity index (χ0) is 14.9. The Morgan fingerprint density at radius 3 is 2.65 bits per heavy atom. The van der Waals surface area contributed by atoms with Crippen molar-refractivity contribution in [3.63, 3.8) is 0 Å². The normalized spacial score (nSPS) is 11.7. The zero-order valence-electron chi connectivity index (χ0n) is 10.1. The fraction of sp³-hybridized carbons (Fsp3) is 0.273. The minimum Gasteiger partial charge on any atom is -0.294 e. The number of aromatic nitrogens is 4. The molecule has 0 radical (unpaired) electrons. The summed E-state index contributed by atoms with van der Waals surface area (Å²) in [6.45, 7) is 0. The molecule has 1 heterocycles. The number of aryl methyl sites for hydroxylation is 1. The van der Waals surface area contributed by atoms with Crippen LogP contribution in [0.1, 0.15) is 21.7 Å². The van der Waals surface area contributed by atoms with Crippen molar-refractivity contribution in [2.75, 3.05) is 0 Å². The number of carbonyl (C=O) groups is 1. The second kappa shape index (κ2) is 5.31. The van der Waals surface area contributed by atoms with Crippen LogP contribution in [0.2, 0.25) is 0 Å². The van der Waals surface area contributed by atoms with Crippen LogP contribution in [0.15, 0.2) is 22.7 Å². The van der Waals surface area contributed by atoms with Gasteiger partial charge in [-0.25, -0.2) is 0 Å². The molecule has 1 aromatic carbocycles. The highest BCUT2D eigenvalue weighted by molar-refractivity contribution is 9.10. The average molecular weight is 349 g/mol. The number of Topliss-reactive ketones (excluding diaryl/α,β-unsaturated/α-hetero) is 1. The molecule has 0 amide bonds. The van der Waals surface area contributed by atoms with Gasteiger partial charge in [-0.1, -0.05) is 15.9 Å². The fourth-order valence-corrected chi connectivity index (χ4v) is 2.02. The number of hydrogen-bond acceptors (Lipinski definition) is 4. The van der Waals surface area contributed by atoms with Crippen molar-refractivity contribution in [3.8, 4) is 0 Å². The molecule has 0 aliphatic carbocycles. The van der Waals surface area contributed by atoms with Crippen LogP contribution in [-0.2, 0) is 19.6 Å². The van der Waals surface area contributed by atoms with E-state index in [1.54, 1.807) is 0 Å². The van der Waals surface area contributed by atoms with Gasteiger partial charge in [-0.2, -0.15) is 18.0 Å². The van der Waals surface area contributed by atoms with E-state index in [1.807, 2.05) is 0 Å². The summed E-state index contributed by atoms with van der Waals surface area (Å²) < 4.78 is 38.2. The van der Waals surface area contributed by atoms with Crippen molar-refractivity contribution >= 4 is 21.7 Å². The van der Waals surface area contributed by atoms with E-state index in [2.05, 4.69) is 31.3 Å². The number of alkyl halides is 3. The molecule has 1 aromatic heterocycles. The first-order valence-electron chi connectivity index (χ1n) is 5.40.